The first kappa shape index (κ1) is 12.8. The molecule has 0 aromatic heterocycles. The van der Waals surface area contributed by atoms with E-state index in [0.717, 1.165) is 19.4 Å². The summed E-state index contributed by atoms with van der Waals surface area (Å²) in [6, 6.07) is 6.31. The van der Waals surface area contributed by atoms with E-state index in [4.69, 9.17) is 5.73 Å². The maximum atomic E-state index is 13.0. The van der Waals surface area contributed by atoms with Crippen LogP contribution in [0, 0.1) is 5.82 Å². The molecule has 2 N–H and O–H groups in total. The first-order valence-corrected chi connectivity index (χ1v) is 6.15. The maximum absolute atomic E-state index is 13.0. The Morgan fingerprint density at radius 1 is 1.56 bits per heavy atom. The van der Waals surface area contributed by atoms with Crippen LogP contribution in [0.4, 0.5) is 4.39 Å². The van der Waals surface area contributed by atoms with Gasteiger partial charge in [0.2, 0.25) is 5.91 Å². The third kappa shape index (κ3) is 2.96. The van der Waals surface area contributed by atoms with Crippen molar-refractivity contribution >= 4 is 12.0 Å². The molecule has 1 aromatic carbocycles. The van der Waals surface area contributed by atoms with Gasteiger partial charge in [-0.2, -0.15) is 0 Å². The summed E-state index contributed by atoms with van der Waals surface area (Å²) in [6.07, 6.45) is 5.09. The van der Waals surface area contributed by atoms with Gasteiger partial charge in [-0.05, 0) is 36.6 Å². The summed E-state index contributed by atoms with van der Waals surface area (Å²) in [5, 5.41) is 0. The average Bonchev–Trinajstić information content (AvgIpc) is 2.84. The Morgan fingerprint density at radius 2 is 2.39 bits per heavy atom. The Labute approximate surface area is 106 Å². The van der Waals surface area contributed by atoms with Gasteiger partial charge >= 0.3 is 0 Å². The van der Waals surface area contributed by atoms with Crippen molar-refractivity contribution < 1.29 is 9.18 Å². The highest BCUT2D eigenvalue weighted by atomic mass is 19.1. The molecule has 2 rings (SSSR count). The molecule has 1 aromatic rings. The van der Waals surface area contributed by atoms with Gasteiger partial charge in [0.15, 0.2) is 0 Å². The number of hydrogen-bond acceptors (Lipinski definition) is 2. The fourth-order valence-corrected chi connectivity index (χ4v) is 2.24. The predicted octanol–water partition coefficient (Wildman–Crippen LogP) is 1.79. The minimum absolute atomic E-state index is 0.0489. The molecule has 0 spiro atoms. The molecule has 0 bridgehead atoms. The lowest BCUT2D eigenvalue weighted by Gasteiger charge is -2.21. The first-order chi connectivity index (χ1) is 8.70. The van der Waals surface area contributed by atoms with Crippen LogP contribution in [0.25, 0.3) is 6.08 Å². The van der Waals surface area contributed by atoms with Gasteiger partial charge in [0, 0.05) is 25.2 Å². The standard InChI is InChI=1S/C14H17FN2O/c15-12-4-1-3-11(9-12)6-7-14(18)17-8-2-5-13(17)10-16/h1,3-4,6-7,9,13H,2,5,8,10,16H2. The van der Waals surface area contributed by atoms with Crippen LogP contribution in [0.15, 0.2) is 30.3 Å². The lowest BCUT2D eigenvalue weighted by Crippen LogP contribution is -2.38. The molecule has 1 aliphatic heterocycles. The lowest BCUT2D eigenvalue weighted by molar-refractivity contribution is -0.126. The topological polar surface area (TPSA) is 46.3 Å². The van der Waals surface area contributed by atoms with E-state index < -0.39 is 0 Å². The number of carbonyl (C=O) groups is 1. The van der Waals surface area contributed by atoms with Crippen LogP contribution < -0.4 is 5.73 Å². The molecule has 1 unspecified atom stereocenters. The van der Waals surface area contributed by atoms with Crippen molar-refractivity contribution in [2.45, 2.75) is 18.9 Å². The Morgan fingerprint density at radius 3 is 3.11 bits per heavy atom. The quantitative estimate of drug-likeness (QED) is 0.829. The van der Waals surface area contributed by atoms with E-state index in [1.807, 2.05) is 0 Å². The van der Waals surface area contributed by atoms with E-state index in [9.17, 15) is 9.18 Å². The fourth-order valence-electron chi connectivity index (χ4n) is 2.24. The van der Waals surface area contributed by atoms with Crippen LogP contribution in [0.5, 0.6) is 0 Å². The minimum Gasteiger partial charge on any atom is -0.335 e. The maximum Gasteiger partial charge on any atom is 0.246 e. The highest BCUT2D eigenvalue weighted by molar-refractivity contribution is 5.92. The number of amides is 1. The Balaban J connectivity index is 2.02. The van der Waals surface area contributed by atoms with Gasteiger partial charge in [-0.3, -0.25) is 4.79 Å². The third-order valence-corrected chi connectivity index (χ3v) is 3.20. The smallest absolute Gasteiger partial charge is 0.246 e. The van der Waals surface area contributed by atoms with Crippen molar-refractivity contribution in [3.8, 4) is 0 Å². The number of benzene rings is 1. The molecule has 1 saturated heterocycles. The summed E-state index contributed by atoms with van der Waals surface area (Å²) in [5.74, 6) is -0.349. The monoisotopic (exact) mass is 248 g/mol. The Hall–Kier alpha value is -1.68. The molecule has 96 valence electrons. The van der Waals surface area contributed by atoms with Crippen LogP contribution in [0.3, 0.4) is 0 Å². The van der Waals surface area contributed by atoms with E-state index in [1.165, 1.54) is 18.2 Å². The van der Waals surface area contributed by atoms with Gasteiger partial charge < -0.3 is 10.6 Å². The second-order valence-electron chi connectivity index (χ2n) is 4.45. The molecule has 1 amide bonds. The molecule has 4 heteroatoms. The second kappa shape index (κ2) is 5.78. The fraction of sp³-hybridized carbons (Fsp3) is 0.357. The summed E-state index contributed by atoms with van der Waals surface area (Å²) in [5.41, 5.74) is 6.31. The van der Waals surface area contributed by atoms with Gasteiger partial charge in [-0.25, -0.2) is 4.39 Å². The van der Waals surface area contributed by atoms with Crippen molar-refractivity contribution in [1.82, 2.24) is 4.90 Å². The predicted molar refractivity (Wildman–Crippen MR) is 69.2 cm³/mol. The molecule has 1 fully saturated rings. The molecule has 0 saturated carbocycles. The van der Waals surface area contributed by atoms with Crippen LogP contribution in [0.1, 0.15) is 18.4 Å². The molecular weight excluding hydrogens is 231 g/mol. The summed E-state index contributed by atoms with van der Waals surface area (Å²) in [4.78, 5) is 13.8. The van der Waals surface area contributed by atoms with E-state index in [0.29, 0.717) is 12.1 Å². The second-order valence-corrected chi connectivity index (χ2v) is 4.45. The van der Waals surface area contributed by atoms with Gasteiger partial charge in [0.25, 0.3) is 0 Å². The Bertz CT molecular complexity index is 459. The van der Waals surface area contributed by atoms with Crippen molar-refractivity contribution in [1.29, 1.82) is 0 Å². The van der Waals surface area contributed by atoms with Crippen molar-refractivity contribution in [3.05, 3.63) is 41.7 Å². The molecule has 0 radical (unpaired) electrons. The van der Waals surface area contributed by atoms with E-state index >= 15 is 0 Å². The van der Waals surface area contributed by atoms with Gasteiger partial charge in [-0.1, -0.05) is 12.1 Å². The summed E-state index contributed by atoms with van der Waals surface area (Å²) >= 11 is 0. The number of nitrogens with zero attached hydrogens (tertiary/aromatic N) is 1. The van der Waals surface area contributed by atoms with Crippen molar-refractivity contribution in [3.63, 3.8) is 0 Å². The number of hydrogen-bond donors (Lipinski definition) is 1. The molecule has 1 aliphatic rings. The average molecular weight is 248 g/mol. The van der Waals surface area contributed by atoms with Crippen LogP contribution in [-0.2, 0) is 4.79 Å². The summed E-state index contributed by atoms with van der Waals surface area (Å²) in [7, 11) is 0. The number of likely N-dealkylation sites (tertiary alicyclic amines) is 1. The summed E-state index contributed by atoms with van der Waals surface area (Å²) < 4.78 is 13.0. The molecule has 18 heavy (non-hydrogen) atoms. The molecular formula is C14H17FN2O. The van der Waals surface area contributed by atoms with Gasteiger partial charge in [0.05, 0.1) is 0 Å². The van der Waals surface area contributed by atoms with E-state index in [-0.39, 0.29) is 17.8 Å². The molecule has 3 nitrogen and oxygen atoms in total. The number of nitrogens with two attached hydrogens (primary N) is 1. The van der Waals surface area contributed by atoms with E-state index in [2.05, 4.69) is 0 Å². The SMILES string of the molecule is NCC1CCCN1C(=O)C=Cc1cccc(F)c1. The normalized spacial score (nSPS) is 19.7. The lowest BCUT2D eigenvalue weighted by atomic mass is 10.2. The number of rotatable bonds is 3. The largest absolute Gasteiger partial charge is 0.335 e. The highest BCUT2D eigenvalue weighted by Crippen LogP contribution is 2.17. The Kier molecular flexibility index (Phi) is 4.10. The number of halogens is 1. The number of carbonyl (C=O) groups excluding carboxylic acids is 1. The summed E-state index contributed by atoms with van der Waals surface area (Å²) in [6.45, 7) is 1.26. The third-order valence-electron chi connectivity index (χ3n) is 3.20. The highest BCUT2D eigenvalue weighted by Gasteiger charge is 2.25. The zero-order valence-electron chi connectivity index (χ0n) is 10.2. The van der Waals surface area contributed by atoms with Gasteiger partial charge in [-0.15, -0.1) is 0 Å². The van der Waals surface area contributed by atoms with Crippen LogP contribution in [-0.4, -0.2) is 29.9 Å². The van der Waals surface area contributed by atoms with Crippen molar-refractivity contribution in [2.75, 3.05) is 13.1 Å². The first-order valence-electron chi connectivity index (χ1n) is 6.15. The molecule has 0 aliphatic carbocycles. The molecule has 1 atom stereocenters. The molecule has 1 heterocycles. The van der Waals surface area contributed by atoms with Crippen LogP contribution in [0.2, 0.25) is 0 Å². The zero-order valence-corrected chi connectivity index (χ0v) is 10.2. The van der Waals surface area contributed by atoms with Gasteiger partial charge in [0.1, 0.15) is 5.82 Å². The van der Waals surface area contributed by atoms with Crippen LogP contribution >= 0.6 is 0 Å². The zero-order chi connectivity index (χ0) is 13.0. The van der Waals surface area contributed by atoms with Crippen molar-refractivity contribution in [2.24, 2.45) is 5.73 Å². The minimum atomic E-state index is -0.300. The van der Waals surface area contributed by atoms with E-state index in [1.54, 1.807) is 23.1 Å².